The lowest BCUT2D eigenvalue weighted by Crippen LogP contribution is -2.60. The molecule has 3 rings (SSSR count). The summed E-state index contributed by atoms with van der Waals surface area (Å²) in [6.07, 6.45) is 3.24. The molecule has 1 aromatic rings. The maximum Gasteiger partial charge on any atom is 0.321 e. The van der Waals surface area contributed by atoms with Crippen molar-refractivity contribution in [3.8, 4) is 0 Å². The highest BCUT2D eigenvalue weighted by Gasteiger charge is 2.51. The second-order valence-corrected chi connectivity index (χ2v) is 9.25. The number of hydrogen-bond donors (Lipinski definition) is 2. The van der Waals surface area contributed by atoms with E-state index in [-0.39, 0.29) is 29.5 Å². The third kappa shape index (κ3) is 4.94. The van der Waals surface area contributed by atoms with E-state index in [0.717, 1.165) is 19.4 Å². The van der Waals surface area contributed by atoms with Gasteiger partial charge in [-0.05, 0) is 36.5 Å². The number of carbonyl (C=O) groups excluding carboxylic acids is 2. The predicted octanol–water partition coefficient (Wildman–Crippen LogP) is 4.04. The summed E-state index contributed by atoms with van der Waals surface area (Å²) in [5.74, 6) is 0.682. The summed E-state index contributed by atoms with van der Waals surface area (Å²) in [5, 5.41) is 6.43. The van der Waals surface area contributed by atoms with Crippen LogP contribution in [0.15, 0.2) is 24.3 Å². The van der Waals surface area contributed by atoms with Crippen molar-refractivity contribution in [2.75, 3.05) is 25.0 Å². The molecular formula is C23H35FN4O2. The fourth-order valence-corrected chi connectivity index (χ4v) is 4.46. The Morgan fingerprint density at radius 2 is 2.00 bits per heavy atom. The molecule has 2 saturated heterocycles. The van der Waals surface area contributed by atoms with Crippen LogP contribution < -0.4 is 10.6 Å². The Labute approximate surface area is 179 Å². The lowest BCUT2D eigenvalue weighted by Gasteiger charge is -2.45. The summed E-state index contributed by atoms with van der Waals surface area (Å²) in [7, 11) is 0. The Balaban J connectivity index is 1.68. The van der Waals surface area contributed by atoms with Crippen LogP contribution in [0.3, 0.4) is 0 Å². The maximum absolute atomic E-state index is 13.4. The smallest absolute Gasteiger partial charge is 0.321 e. The van der Waals surface area contributed by atoms with Crippen molar-refractivity contribution in [3.05, 3.63) is 30.1 Å². The Hall–Kier alpha value is -2.15. The summed E-state index contributed by atoms with van der Waals surface area (Å²) < 4.78 is 13.4. The van der Waals surface area contributed by atoms with Crippen molar-refractivity contribution in [3.63, 3.8) is 0 Å². The van der Waals surface area contributed by atoms with Gasteiger partial charge in [-0.2, -0.15) is 0 Å². The summed E-state index contributed by atoms with van der Waals surface area (Å²) in [5.41, 5.74) is 0.0697. The van der Waals surface area contributed by atoms with E-state index in [2.05, 4.69) is 43.2 Å². The van der Waals surface area contributed by atoms with Gasteiger partial charge in [-0.1, -0.05) is 40.2 Å². The van der Waals surface area contributed by atoms with Crippen LogP contribution in [0.25, 0.3) is 0 Å². The molecule has 2 heterocycles. The van der Waals surface area contributed by atoms with Crippen molar-refractivity contribution in [2.24, 2.45) is 11.8 Å². The fourth-order valence-electron chi connectivity index (χ4n) is 4.46. The van der Waals surface area contributed by atoms with Crippen molar-refractivity contribution < 1.29 is 14.0 Å². The van der Waals surface area contributed by atoms with Crippen LogP contribution in [-0.4, -0.2) is 53.1 Å². The molecule has 0 bridgehead atoms. The van der Waals surface area contributed by atoms with E-state index in [1.54, 1.807) is 17.0 Å². The number of nitrogens with one attached hydrogen (secondary N) is 2. The Kier molecular flexibility index (Phi) is 7.01. The highest BCUT2D eigenvalue weighted by molar-refractivity contribution is 5.89. The molecule has 1 spiro atoms. The molecule has 0 unspecified atom stereocenters. The number of piperidine rings is 1. The molecule has 0 aliphatic carbocycles. The highest BCUT2D eigenvalue weighted by Crippen LogP contribution is 2.35. The van der Waals surface area contributed by atoms with Gasteiger partial charge in [0.05, 0.1) is 11.7 Å². The molecule has 0 radical (unpaired) electrons. The molecule has 1 aromatic carbocycles. The number of carbonyl (C=O) groups is 2. The summed E-state index contributed by atoms with van der Waals surface area (Å²) in [4.78, 5) is 29.6. The molecule has 166 valence electrons. The second kappa shape index (κ2) is 9.33. The van der Waals surface area contributed by atoms with E-state index in [0.29, 0.717) is 43.5 Å². The average molecular weight is 419 g/mol. The molecule has 2 aliphatic heterocycles. The first-order valence-corrected chi connectivity index (χ1v) is 11.1. The van der Waals surface area contributed by atoms with E-state index in [9.17, 15) is 14.0 Å². The number of benzene rings is 1. The van der Waals surface area contributed by atoms with Gasteiger partial charge in [0.1, 0.15) is 5.82 Å². The van der Waals surface area contributed by atoms with Crippen molar-refractivity contribution in [1.82, 2.24) is 15.1 Å². The van der Waals surface area contributed by atoms with Crippen molar-refractivity contribution in [2.45, 2.75) is 65.1 Å². The minimum absolute atomic E-state index is 0.151. The van der Waals surface area contributed by atoms with Gasteiger partial charge in [-0.3, -0.25) is 10.1 Å². The highest BCUT2D eigenvalue weighted by atomic mass is 19.1. The first kappa shape index (κ1) is 22.5. The minimum atomic E-state index is -0.379. The summed E-state index contributed by atoms with van der Waals surface area (Å²) >= 11 is 0. The summed E-state index contributed by atoms with van der Waals surface area (Å²) in [6, 6.07) is 5.53. The first-order chi connectivity index (χ1) is 14.2. The van der Waals surface area contributed by atoms with E-state index >= 15 is 0 Å². The zero-order chi connectivity index (χ0) is 21.9. The lowest BCUT2D eigenvalue weighted by atomic mass is 9.94. The zero-order valence-electron chi connectivity index (χ0n) is 18.6. The van der Waals surface area contributed by atoms with Gasteiger partial charge in [-0.25, -0.2) is 9.18 Å². The topological polar surface area (TPSA) is 64.7 Å². The van der Waals surface area contributed by atoms with Crippen LogP contribution >= 0.6 is 0 Å². The van der Waals surface area contributed by atoms with Crippen LogP contribution in [0.4, 0.5) is 14.9 Å². The Morgan fingerprint density at radius 1 is 1.30 bits per heavy atom. The van der Waals surface area contributed by atoms with Crippen LogP contribution in [0, 0.1) is 17.7 Å². The third-order valence-corrected chi connectivity index (χ3v) is 6.38. The van der Waals surface area contributed by atoms with E-state index in [4.69, 9.17) is 0 Å². The molecule has 2 fully saturated rings. The molecule has 7 heteroatoms. The van der Waals surface area contributed by atoms with Crippen molar-refractivity contribution in [1.29, 1.82) is 0 Å². The van der Waals surface area contributed by atoms with Crippen LogP contribution in [-0.2, 0) is 4.79 Å². The van der Waals surface area contributed by atoms with Gasteiger partial charge < -0.3 is 15.1 Å². The molecule has 0 aromatic heterocycles. The Morgan fingerprint density at radius 3 is 2.60 bits per heavy atom. The SMILES string of the molecule is CC[C@H](C)CN1C(=O)[C@@H](CC(C)C)NC12CCN(C(=O)Nc1cccc(F)c1)CC2. The van der Waals surface area contributed by atoms with Crippen LogP contribution in [0.1, 0.15) is 53.4 Å². The average Bonchev–Trinajstić information content (AvgIpc) is 2.93. The number of urea groups is 1. The maximum atomic E-state index is 13.4. The second-order valence-electron chi connectivity index (χ2n) is 9.25. The van der Waals surface area contributed by atoms with E-state index < -0.39 is 0 Å². The number of hydrogen-bond acceptors (Lipinski definition) is 3. The molecule has 2 atom stereocenters. The van der Waals surface area contributed by atoms with Gasteiger partial charge in [0.15, 0.2) is 0 Å². The molecule has 2 N–H and O–H groups in total. The van der Waals surface area contributed by atoms with Crippen molar-refractivity contribution >= 4 is 17.6 Å². The Bertz CT molecular complexity index is 761. The van der Waals surface area contributed by atoms with Gasteiger partial charge in [0.2, 0.25) is 5.91 Å². The number of nitrogens with zero attached hydrogens (tertiary/aromatic N) is 2. The van der Waals surface area contributed by atoms with Gasteiger partial charge in [0, 0.05) is 38.2 Å². The van der Waals surface area contributed by atoms with Crippen LogP contribution in [0.5, 0.6) is 0 Å². The van der Waals surface area contributed by atoms with E-state index in [1.165, 1.54) is 12.1 Å². The van der Waals surface area contributed by atoms with Gasteiger partial charge >= 0.3 is 6.03 Å². The molecule has 30 heavy (non-hydrogen) atoms. The largest absolute Gasteiger partial charge is 0.324 e. The minimum Gasteiger partial charge on any atom is -0.324 e. The monoisotopic (exact) mass is 418 g/mol. The fraction of sp³-hybridized carbons (Fsp3) is 0.652. The molecule has 0 saturated carbocycles. The molecule has 3 amide bonds. The number of anilines is 1. The summed E-state index contributed by atoms with van der Waals surface area (Å²) in [6.45, 7) is 10.4. The first-order valence-electron chi connectivity index (χ1n) is 11.1. The predicted molar refractivity (Wildman–Crippen MR) is 117 cm³/mol. The third-order valence-electron chi connectivity index (χ3n) is 6.38. The standard InChI is InChI=1S/C23H35FN4O2/c1-5-17(4)15-28-21(29)20(13-16(2)3)26-23(28)9-11-27(12-10-23)22(30)25-19-8-6-7-18(24)14-19/h6-8,14,16-17,20,26H,5,9-13,15H2,1-4H3,(H,25,30)/t17-,20+/m0/s1. The van der Waals surface area contributed by atoms with E-state index in [1.807, 2.05) is 0 Å². The lowest BCUT2D eigenvalue weighted by molar-refractivity contribution is -0.134. The number of amides is 3. The van der Waals surface area contributed by atoms with Gasteiger partial charge in [-0.15, -0.1) is 0 Å². The van der Waals surface area contributed by atoms with Crippen LogP contribution in [0.2, 0.25) is 0 Å². The van der Waals surface area contributed by atoms with Gasteiger partial charge in [0.25, 0.3) is 0 Å². The zero-order valence-corrected chi connectivity index (χ0v) is 18.6. The normalized spacial score (nSPS) is 22.1. The number of rotatable bonds is 6. The molecule has 2 aliphatic rings. The number of likely N-dealkylation sites (tertiary alicyclic amines) is 1. The molecular weight excluding hydrogens is 383 g/mol. The quantitative estimate of drug-likeness (QED) is 0.733. The molecule has 6 nitrogen and oxygen atoms in total. The number of halogens is 1.